The Kier molecular flexibility index (Phi) is 20.9. The number of carbonyl (C=O) groups is 2. The molecule has 4 aromatic rings. The molecule has 65 heavy (non-hydrogen) atoms. The van der Waals surface area contributed by atoms with Gasteiger partial charge in [-0.15, -0.1) is 0 Å². The van der Waals surface area contributed by atoms with Crippen molar-refractivity contribution < 1.29 is 45.9 Å². The summed E-state index contributed by atoms with van der Waals surface area (Å²) in [6.07, 6.45) is 18.4. The van der Waals surface area contributed by atoms with Gasteiger partial charge in [0, 0.05) is 11.3 Å². The third-order valence-electron chi connectivity index (χ3n) is 10.7. The lowest BCUT2D eigenvalue weighted by Gasteiger charge is -2.15. The van der Waals surface area contributed by atoms with E-state index in [-0.39, 0.29) is 34.3 Å². The number of benzene rings is 4. The summed E-state index contributed by atoms with van der Waals surface area (Å²) in [5, 5.41) is 31.5. The fourth-order valence-electron chi connectivity index (χ4n) is 7.06. The van der Waals surface area contributed by atoms with E-state index in [2.05, 4.69) is 33.3 Å². The van der Waals surface area contributed by atoms with Crippen LogP contribution in [0.5, 0.6) is 11.5 Å². The van der Waals surface area contributed by atoms with E-state index in [1.54, 1.807) is 50.2 Å². The highest BCUT2D eigenvalue weighted by Crippen LogP contribution is 2.33. The largest absolute Gasteiger partial charge is 0.507 e. The zero-order valence-corrected chi connectivity index (χ0v) is 39.1. The number of aromatic carboxylic acids is 1. The summed E-state index contributed by atoms with van der Waals surface area (Å²) < 4.78 is 68.1. The molecule has 0 spiro atoms. The molecule has 17 heteroatoms. The van der Waals surface area contributed by atoms with Crippen molar-refractivity contribution in [2.24, 2.45) is 10.2 Å². The maximum absolute atomic E-state index is 14.2. The molecule has 1 amide bonds. The Morgan fingerprint density at radius 1 is 0.662 bits per heavy atom. The Balaban J connectivity index is 1.56. The zero-order valence-electron chi connectivity index (χ0n) is 37.5. The summed E-state index contributed by atoms with van der Waals surface area (Å²) in [4.78, 5) is 23.7. The lowest BCUT2D eigenvalue weighted by atomic mass is 10.0. The Bertz CT molecular complexity index is 2480. The van der Waals surface area contributed by atoms with Gasteiger partial charge in [-0.25, -0.2) is 13.2 Å². The number of hydrogen-bond donors (Lipinski definition) is 6. The van der Waals surface area contributed by atoms with Crippen LogP contribution in [0, 0.1) is 0 Å². The molecular weight excluding hydrogens is 871 g/mol. The number of aromatic hydroxyl groups is 1. The van der Waals surface area contributed by atoms with Crippen molar-refractivity contribution in [2.45, 2.75) is 138 Å². The molecule has 0 aliphatic heterocycles. The van der Waals surface area contributed by atoms with Crippen LogP contribution in [0.25, 0.3) is 0 Å². The first-order chi connectivity index (χ1) is 31.1. The molecule has 0 fully saturated rings. The van der Waals surface area contributed by atoms with Crippen LogP contribution in [0.3, 0.4) is 0 Å². The fourth-order valence-corrected chi connectivity index (χ4v) is 9.18. The highest BCUT2D eigenvalue weighted by atomic mass is 32.2. The minimum atomic E-state index is -4.64. The topological polar surface area (TPSA) is 233 Å². The summed E-state index contributed by atoms with van der Waals surface area (Å²) in [5.41, 5.74) is 6.58. The minimum Gasteiger partial charge on any atom is -0.507 e. The van der Waals surface area contributed by atoms with Crippen molar-refractivity contribution in [3.05, 3.63) is 96.1 Å². The number of amides is 1. The molecule has 4 rings (SSSR count). The molecule has 0 aromatic heterocycles. The van der Waals surface area contributed by atoms with Gasteiger partial charge in [0.25, 0.3) is 16.0 Å². The monoisotopic (exact) mass is 933 g/mol. The molecule has 0 aliphatic rings. The van der Waals surface area contributed by atoms with E-state index >= 15 is 0 Å². The van der Waals surface area contributed by atoms with Crippen molar-refractivity contribution in [3.8, 4) is 11.5 Å². The third kappa shape index (κ3) is 16.6. The van der Waals surface area contributed by atoms with Crippen LogP contribution >= 0.6 is 0 Å². The van der Waals surface area contributed by atoms with E-state index in [0.29, 0.717) is 23.4 Å². The molecule has 0 saturated heterocycles. The lowest BCUT2D eigenvalue weighted by molar-refractivity contribution is 0.0693. The number of sulfone groups is 1. The summed E-state index contributed by atoms with van der Waals surface area (Å²) in [6.45, 7) is 5.76. The van der Waals surface area contributed by atoms with Crippen LogP contribution in [0.4, 0.5) is 17.1 Å². The fraction of sp³-hybridized carbons (Fsp3) is 0.417. The first-order valence-electron chi connectivity index (χ1n) is 22.3. The number of hydrogen-bond acceptors (Lipinski definition) is 12. The summed E-state index contributed by atoms with van der Waals surface area (Å²) >= 11 is 0. The van der Waals surface area contributed by atoms with E-state index in [1.807, 2.05) is 0 Å². The number of carboxylic acid groups (broad SMARTS) is 1. The highest BCUT2D eigenvalue weighted by molar-refractivity contribution is 7.91. The number of anilines is 3. The second kappa shape index (κ2) is 26.2. The summed E-state index contributed by atoms with van der Waals surface area (Å²) in [6, 6.07) is 19.5. The van der Waals surface area contributed by atoms with E-state index in [0.717, 1.165) is 43.9 Å². The van der Waals surface area contributed by atoms with E-state index < -0.39 is 52.9 Å². The molecule has 0 atom stereocenters. The average molecular weight is 934 g/mol. The average Bonchev–Trinajstić information content (AvgIpc) is 3.28. The number of hydrazone groups is 2. The van der Waals surface area contributed by atoms with Crippen molar-refractivity contribution >= 4 is 60.3 Å². The molecule has 4 aromatic carbocycles. The quantitative estimate of drug-likeness (QED) is 0.0129. The van der Waals surface area contributed by atoms with Gasteiger partial charge in [0.15, 0.2) is 0 Å². The molecule has 6 N–H and O–H groups in total. The van der Waals surface area contributed by atoms with Crippen molar-refractivity contribution in [1.82, 2.24) is 0 Å². The van der Waals surface area contributed by atoms with E-state index in [9.17, 15) is 41.2 Å². The zero-order chi connectivity index (χ0) is 47.2. The molecule has 0 heterocycles. The number of unbranched alkanes of at least 4 members (excludes halogenated alkanes) is 14. The third-order valence-corrected chi connectivity index (χ3v) is 13.4. The molecule has 0 saturated carbocycles. The summed E-state index contributed by atoms with van der Waals surface area (Å²) in [7, 11) is -9.16. The van der Waals surface area contributed by atoms with Crippen molar-refractivity contribution in [3.63, 3.8) is 0 Å². The molecule has 0 unspecified atom stereocenters. The number of nitrogens with zero attached hydrogens (tertiary/aromatic N) is 2. The smallest absolute Gasteiger partial charge is 0.339 e. The lowest BCUT2D eigenvalue weighted by Crippen LogP contribution is -2.16. The van der Waals surface area contributed by atoms with Crippen LogP contribution in [-0.4, -0.2) is 61.5 Å². The van der Waals surface area contributed by atoms with Gasteiger partial charge in [-0.3, -0.25) is 20.2 Å². The van der Waals surface area contributed by atoms with Crippen LogP contribution in [0.15, 0.2) is 110 Å². The Morgan fingerprint density at radius 2 is 1.25 bits per heavy atom. The van der Waals surface area contributed by atoms with Crippen molar-refractivity contribution in [2.75, 3.05) is 22.8 Å². The maximum Gasteiger partial charge on any atom is 0.339 e. The van der Waals surface area contributed by atoms with E-state index in [4.69, 9.17) is 4.74 Å². The van der Waals surface area contributed by atoms with Gasteiger partial charge in [0.05, 0.1) is 39.2 Å². The van der Waals surface area contributed by atoms with Crippen molar-refractivity contribution in [1.29, 1.82) is 0 Å². The number of nitrogens with one attached hydrogen (secondary N) is 3. The number of phenols is 1. The predicted molar refractivity (Wildman–Crippen MR) is 256 cm³/mol. The van der Waals surface area contributed by atoms with Gasteiger partial charge < -0.3 is 20.3 Å². The first kappa shape index (κ1) is 51.9. The second-order valence-corrected chi connectivity index (χ2v) is 19.1. The van der Waals surface area contributed by atoms with Crippen LogP contribution in [0.2, 0.25) is 0 Å². The Morgan fingerprint density at radius 3 is 1.83 bits per heavy atom. The second-order valence-electron chi connectivity index (χ2n) is 15.8. The first-order valence-corrected chi connectivity index (χ1v) is 25.3. The molecule has 0 bridgehead atoms. The maximum atomic E-state index is 14.2. The predicted octanol–water partition coefficient (Wildman–Crippen LogP) is 11.3. The number of rotatable bonds is 29. The van der Waals surface area contributed by atoms with E-state index in [1.165, 1.54) is 101 Å². The van der Waals surface area contributed by atoms with Gasteiger partial charge in [0.2, 0.25) is 9.84 Å². The van der Waals surface area contributed by atoms with Gasteiger partial charge in [-0.05, 0) is 93.4 Å². The minimum absolute atomic E-state index is 0.0180. The van der Waals surface area contributed by atoms with Gasteiger partial charge in [-0.2, -0.15) is 18.6 Å². The SMILES string of the molecule is CCCCCCCCCCCCCCCCCC(=N\Nc1ccc(OCC)c(S(=O)(=O)O)c1)/C(C)=N/Nc1ccc(NC(=O)c2ccccc2)cc1S(=O)(=O)c1ccc(O)c(C(=O)O)c1. The molecule has 0 radical (unpaired) electrons. The van der Waals surface area contributed by atoms with Crippen LogP contribution in [0.1, 0.15) is 144 Å². The molecular formula is C48H63N5O10S2. The number of carboxylic acids is 1. The Labute approximate surface area is 383 Å². The molecule has 0 aliphatic carbocycles. The van der Waals surface area contributed by atoms with Gasteiger partial charge in [-0.1, -0.05) is 115 Å². The van der Waals surface area contributed by atoms with Gasteiger partial charge in [0.1, 0.15) is 22.0 Å². The molecule has 352 valence electrons. The highest BCUT2D eigenvalue weighted by Gasteiger charge is 2.26. The van der Waals surface area contributed by atoms with Crippen LogP contribution in [-0.2, 0) is 20.0 Å². The molecule has 15 nitrogen and oxygen atoms in total. The number of ether oxygens (including phenoxy) is 1. The standard InChI is InChI=1S/C48H63N5O10S2/c1-4-6-7-8-9-10-11-12-13-14-15-16-17-18-22-25-41(52-51-38-27-31-44(63-5-2)46(33-38)65(60,61)62)35(3)50-53-42-29-26-37(49-47(55)36-23-20-19-21-24-36)32-45(42)64(58,59)39-28-30-43(54)40(34-39)48(56)57/h19-21,23-24,26-34,51,53-54H,4-18,22,25H2,1-3H3,(H,49,55)(H,56,57)(H,60,61,62)/b50-35+,52-41+. The number of carbonyl (C=O) groups excluding carboxylic acids is 1. The summed E-state index contributed by atoms with van der Waals surface area (Å²) in [5.74, 6) is -2.67. The Hall–Kier alpha value is -5.78. The normalized spacial score (nSPS) is 12.2. The van der Waals surface area contributed by atoms with Crippen LogP contribution < -0.4 is 20.9 Å². The van der Waals surface area contributed by atoms with Gasteiger partial charge >= 0.3 is 5.97 Å².